The largest absolute Gasteiger partial charge is 0.507 e. The second-order valence-corrected chi connectivity index (χ2v) is 9.20. The van der Waals surface area contributed by atoms with E-state index >= 15 is 0 Å². The summed E-state index contributed by atoms with van der Waals surface area (Å²) in [4.78, 5) is 14.1. The van der Waals surface area contributed by atoms with Crippen LogP contribution >= 0.6 is 11.6 Å². The van der Waals surface area contributed by atoms with Crippen LogP contribution in [0, 0.1) is 0 Å². The maximum Gasteiger partial charge on any atom is 0.232 e. The number of hydrogen-bond acceptors (Lipinski definition) is 7. The van der Waals surface area contributed by atoms with Crippen molar-refractivity contribution in [1.82, 2.24) is 15.0 Å². The van der Waals surface area contributed by atoms with E-state index in [-0.39, 0.29) is 5.75 Å². The fraction of sp³-hybridized carbons (Fsp3) is 0.296. The lowest BCUT2D eigenvalue weighted by Gasteiger charge is -2.18. The molecule has 1 saturated carbocycles. The summed E-state index contributed by atoms with van der Waals surface area (Å²) in [5.74, 6) is 1.95. The molecule has 1 fully saturated rings. The quantitative estimate of drug-likeness (QED) is 0.253. The first kappa shape index (κ1) is 23.2. The maximum atomic E-state index is 10.8. The second-order valence-electron chi connectivity index (χ2n) is 8.79. The summed E-state index contributed by atoms with van der Waals surface area (Å²) in [5, 5.41) is 19.9. The highest BCUT2D eigenvalue weighted by molar-refractivity contribution is 6.32. The highest BCUT2D eigenvalue weighted by Gasteiger charge is 2.18. The molecule has 1 aliphatic carbocycles. The number of benzene rings is 3. The Labute approximate surface area is 209 Å². The molecule has 0 atom stereocenters. The van der Waals surface area contributed by atoms with Crippen molar-refractivity contribution in [2.24, 2.45) is 0 Å². The van der Waals surface area contributed by atoms with E-state index in [4.69, 9.17) is 21.3 Å². The van der Waals surface area contributed by atoms with Crippen LogP contribution in [0.25, 0.3) is 22.2 Å². The lowest BCUT2D eigenvalue weighted by atomic mass is 10.0. The summed E-state index contributed by atoms with van der Waals surface area (Å²) in [6.45, 7) is 0. The fourth-order valence-corrected chi connectivity index (χ4v) is 4.84. The van der Waals surface area contributed by atoms with Gasteiger partial charge in [-0.1, -0.05) is 67.6 Å². The lowest BCUT2D eigenvalue weighted by molar-refractivity contribution is 0.415. The second kappa shape index (κ2) is 10.4. The first-order valence-electron chi connectivity index (χ1n) is 11.9. The minimum atomic E-state index is 0.119. The van der Waals surface area contributed by atoms with Crippen molar-refractivity contribution in [1.29, 1.82) is 0 Å². The van der Waals surface area contributed by atoms with Crippen LogP contribution in [0.5, 0.6) is 11.5 Å². The van der Waals surface area contributed by atoms with Gasteiger partial charge in [-0.15, -0.1) is 0 Å². The Morgan fingerprint density at radius 3 is 2.46 bits per heavy atom. The Kier molecular flexibility index (Phi) is 6.86. The smallest absolute Gasteiger partial charge is 0.232 e. The average Bonchev–Trinajstić information content (AvgIpc) is 3.12. The number of halogens is 1. The Bertz CT molecular complexity index is 1340. The lowest BCUT2D eigenvalue weighted by Crippen LogP contribution is -2.20. The van der Waals surface area contributed by atoms with E-state index in [9.17, 15) is 5.11 Å². The van der Waals surface area contributed by atoms with Crippen LogP contribution in [-0.2, 0) is 0 Å². The van der Waals surface area contributed by atoms with Crippen LogP contribution in [0.1, 0.15) is 38.5 Å². The maximum absolute atomic E-state index is 10.8. The zero-order valence-electron chi connectivity index (χ0n) is 19.6. The number of aromatic hydroxyl groups is 1. The molecule has 7 nitrogen and oxygen atoms in total. The molecule has 5 rings (SSSR count). The van der Waals surface area contributed by atoms with E-state index in [0.29, 0.717) is 40.1 Å². The molecule has 35 heavy (non-hydrogen) atoms. The summed E-state index contributed by atoms with van der Waals surface area (Å²) in [7, 11) is 1.58. The van der Waals surface area contributed by atoms with Crippen molar-refractivity contribution in [3.63, 3.8) is 0 Å². The number of phenolic OH excluding ortho intramolecular Hbond substituents is 1. The van der Waals surface area contributed by atoms with Gasteiger partial charge >= 0.3 is 0 Å². The number of anilines is 3. The van der Waals surface area contributed by atoms with Crippen LogP contribution in [0.4, 0.5) is 17.6 Å². The first-order chi connectivity index (χ1) is 17.1. The van der Waals surface area contributed by atoms with Gasteiger partial charge in [0.2, 0.25) is 11.9 Å². The van der Waals surface area contributed by atoms with E-state index in [1.54, 1.807) is 25.3 Å². The van der Waals surface area contributed by atoms with E-state index in [1.165, 1.54) is 25.7 Å². The molecule has 3 N–H and O–H groups in total. The minimum Gasteiger partial charge on any atom is -0.507 e. The fourth-order valence-electron chi connectivity index (χ4n) is 4.58. The molecular weight excluding hydrogens is 462 g/mol. The number of ether oxygens (including phenoxy) is 1. The van der Waals surface area contributed by atoms with E-state index in [0.717, 1.165) is 29.3 Å². The van der Waals surface area contributed by atoms with Gasteiger partial charge in [0.25, 0.3) is 0 Å². The van der Waals surface area contributed by atoms with Gasteiger partial charge in [0.05, 0.1) is 17.7 Å². The van der Waals surface area contributed by atoms with Gasteiger partial charge in [-0.3, -0.25) is 0 Å². The average molecular weight is 490 g/mol. The van der Waals surface area contributed by atoms with Crippen molar-refractivity contribution < 1.29 is 9.84 Å². The molecule has 0 aliphatic heterocycles. The summed E-state index contributed by atoms with van der Waals surface area (Å²) in [6, 6.07) is 17.1. The number of aromatic nitrogens is 3. The molecule has 8 heteroatoms. The Balaban J connectivity index is 1.57. The van der Waals surface area contributed by atoms with Crippen molar-refractivity contribution in [2.45, 2.75) is 44.6 Å². The molecule has 3 aromatic carbocycles. The molecule has 180 valence electrons. The molecule has 0 spiro atoms. The third kappa shape index (κ3) is 5.25. The van der Waals surface area contributed by atoms with Gasteiger partial charge < -0.3 is 20.5 Å². The highest BCUT2D eigenvalue weighted by atomic mass is 35.5. The highest BCUT2D eigenvalue weighted by Crippen LogP contribution is 2.36. The molecule has 1 aromatic heterocycles. The number of phenols is 1. The number of nitrogens with one attached hydrogen (secondary N) is 2. The van der Waals surface area contributed by atoms with E-state index < -0.39 is 0 Å². The minimum absolute atomic E-state index is 0.119. The van der Waals surface area contributed by atoms with Gasteiger partial charge in [0.15, 0.2) is 5.82 Å². The number of nitrogens with zero attached hydrogens (tertiary/aromatic N) is 3. The molecule has 1 aliphatic rings. The number of rotatable bonds is 6. The number of methoxy groups -OCH3 is 1. The summed E-state index contributed by atoms with van der Waals surface area (Å²) >= 11 is 6.32. The Morgan fingerprint density at radius 2 is 1.69 bits per heavy atom. The van der Waals surface area contributed by atoms with Gasteiger partial charge in [-0.2, -0.15) is 15.0 Å². The van der Waals surface area contributed by atoms with Crippen molar-refractivity contribution in [3.05, 3.63) is 59.6 Å². The SMILES string of the molecule is COc1ccc(Nc2nc(NC3CCCCCC3)nc(-c3c(O)ccc4ccccc34)n2)cc1Cl. The summed E-state index contributed by atoms with van der Waals surface area (Å²) in [6.07, 6.45) is 7.06. The van der Waals surface area contributed by atoms with Crippen LogP contribution < -0.4 is 15.4 Å². The van der Waals surface area contributed by atoms with Crippen LogP contribution in [-0.4, -0.2) is 33.2 Å². The zero-order chi connectivity index (χ0) is 24.2. The van der Waals surface area contributed by atoms with Crippen molar-refractivity contribution >= 4 is 40.0 Å². The third-order valence-corrected chi connectivity index (χ3v) is 6.66. The van der Waals surface area contributed by atoms with Gasteiger partial charge in [-0.25, -0.2) is 0 Å². The Hall–Kier alpha value is -3.58. The zero-order valence-corrected chi connectivity index (χ0v) is 20.3. The predicted molar refractivity (Wildman–Crippen MR) is 141 cm³/mol. The number of fused-ring (bicyclic) bond motifs is 1. The van der Waals surface area contributed by atoms with Crippen molar-refractivity contribution in [3.8, 4) is 22.9 Å². The third-order valence-electron chi connectivity index (χ3n) is 6.36. The predicted octanol–water partition coefficient (Wildman–Crippen LogP) is 6.94. The standard InChI is InChI=1S/C27H28ClN5O2/c1-35-23-15-13-19(16-21(23)28)30-27-32-25(24-20-11-7-6-8-17(20)12-14-22(24)34)31-26(33-27)29-18-9-4-2-3-5-10-18/h6-8,11-16,18,34H,2-5,9-10H2,1H3,(H2,29,30,31,32,33). The summed E-state index contributed by atoms with van der Waals surface area (Å²) < 4.78 is 5.26. The van der Waals surface area contributed by atoms with Crippen molar-refractivity contribution in [2.75, 3.05) is 17.7 Å². The molecule has 0 saturated heterocycles. The monoisotopic (exact) mass is 489 g/mol. The molecule has 0 amide bonds. The molecule has 0 unspecified atom stereocenters. The normalized spacial score (nSPS) is 14.5. The Morgan fingerprint density at radius 1 is 0.914 bits per heavy atom. The first-order valence-corrected chi connectivity index (χ1v) is 12.3. The molecule has 0 radical (unpaired) electrons. The topological polar surface area (TPSA) is 92.2 Å². The van der Waals surface area contributed by atoms with E-state index in [2.05, 4.69) is 20.6 Å². The molecule has 0 bridgehead atoms. The van der Waals surface area contributed by atoms with Gasteiger partial charge in [0.1, 0.15) is 11.5 Å². The van der Waals surface area contributed by atoms with Crippen LogP contribution in [0.2, 0.25) is 5.02 Å². The summed E-state index contributed by atoms with van der Waals surface area (Å²) in [5.41, 5.74) is 1.29. The molecular formula is C27H28ClN5O2. The van der Waals surface area contributed by atoms with E-state index in [1.807, 2.05) is 36.4 Å². The number of hydrogen-bond donors (Lipinski definition) is 3. The van der Waals surface area contributed by atoms with Gasteiger partial charge in [-0.05, 0) is 47.9 Å². The molecule has 4 aromatic rings. The molecule has 1 heterocycles. The van der Waals surface area contributed by atoms with Crippen LogP contribution in [0.15, 0.2) is 54.6 Å². The van der Waals surface area contributed by atoms with Gasteiger partial charge in [0, 0.05) is 11.7 Å². The van der Waals surface area contributed by atoms with Crippen LogP contribution in [0.3, 0.4) is 0 Å².